The largest absolute Gasteiger partial charge is 0.330 e. The molecule has 4 aliphatic rings. The Balaban J connectivity index is 1.55. The molecule has 0 saturated heterocycles. The van der Waals surface area contributed by atoms with Crippen molar-refractivity contribution in [3.63, 3.8) is 0 Å². The SMILES string of the molecule is C=C1C[C@@H]2[C@H](CC[C@]3(C)C(=O)CC[C@@H]23)[C@@]2(C)CC[C@@H]([S@](=O)CCCN)CC12. The number of nitrogens with two attached hydrogens (primary N) is 1. The topological polar surface area (TPSA) is 60.2 Å². The van der Waals surface area contributed by atoms with Crippen LogP contribution in [-0.2, 0) is 15.6 Å². The van der Waals surface area contributed by atoms with Gasteiger partial charge in [0.15, 0.2) is 0 Å². The second-order valence-corrected chi connectivity index (χ2v) is 12.2. The molecule has 4 fully saturated rings. The van der Waals surface area contributed by atoms with Gasteiger partial charge in [0.25, 0.3) is 0 Å². The van der Waals surface area contributed by atoms with Crippen LogP contribution in [0, 0.1) is 34.5 Å². The molecule has 152 valence electrons. The lowest BCUT2D eigenvalue weighted by molar-refractivity contribution is -0.135. The van der Waals surface area contributed by atoms with Crippen LogP contribution in [0.25, 0.3) is 0 Å². The van der Waals surface area contributed by atoms with Gasteiger partial charge in [-0.25, -0.2) is 0 Å². The fourth-order valence-electron chi connectivity index (χ4n) is 7.61. The van der Waals surface area contributed by atoms with E-state index in [0.29, 0.717) is 40.7 Å². The fraction of sp³-hybridized carbons (Fsp3) is 0.870. The van der Waals surface area contributed by atoms with Crippen molar-refractivity contribution in [2.75, 3.05) is 12.3 Å². The summed E-state index contributed by atoms with van der Waals surface area (Å²) >= 11 is 0. The van der Waals surface area contributed by atoms with Crippen molar-refractivity contribution >= 4 is 16.6 Å². The predicted octanol–water partition coefficient (Wildman–Crippen LogP) is 4.23. The van der Waals surface area contributed by atoms with Gasteiger partial charge in [-0.1, -0.05) is 26.0 Å². The highest BCUT2D eigenvalue weighted by Gasteiger charge is 2.61. The maximum absolute atomic E-state index is 12.7. The minimum absolute atomic E-state index is 0.0639. The van der Waals surface area contributed by atoms with Gasteiger partial charge in [-0.3, -0.25) is 9.00 Å². The Bertz CT molecular complexity index is 661. The van der Waals surface area contributed by atoms with Crippen LogP contribution in [0.3, 0.4) is 0 Å². The van der Waals surface area contributed by atoms with Gasteiger partial charge < -0.3 is 5.73 Å². The molecule has 4 aliphatic carbocycles. The average Bonchev–Trinajstić information content (AvgIpc) is 2.95. The lowest BCUT2D eigenvalue weighted by Crippen LogP contribution is -2.55. The lowest BCUT2D eigenvalue weighted by atomic mass is 9.44. The molecular formula is C23H37NO2S. The molecule has 0 bridgehead atoms. The smallest absolute Gasteiger partial charge is 0.139 e. The summed E-state index contributed by atoms with van der Waals surface area (Å²) in [5.74, 6) is 3.71. The van der Waals surface area contributed by atoms with Crippen LogP contribution in [-0.4, -0.2) is 27.5 Å². The van der Waals surface area contributed by atoms with Gasteiger partial charge in [0.2, 0.25) is 0 Å². The molecule has 2 N–H and O–H groups in total. The summed E-state index contributed by atoms with van der Waals surface area (Å²) in [6.07, 6.45) is 9.44. The Hall–Kier alpha value is -0.480. The van der Waals surface area contributed by atoms with Crippen molar-refractivity contribution in [2.45, 2.75) is 76.9 Å². The van der Waals surface area contributed by atoms with Crippen LogP contribution in [0.4, 0.5) is 0 Å². The molecule has 3 nitrogen and oxygen atoms in total. The van der Waals surface area contributed by atoms with Gasteiger partial charge in [-0.2, -0.15) is 0 Å². The van der Waals surface area contributed by atoms with Gasteiger partial charge in [0.1, 0.15) is 5.78 Å². The van der Waals surface area contributed by atoms with Crippen LogP contribution in [0.2, 0.25) is 0 Å². The first-order valence-electron chi connectivity index (χ1n) is 11.1. The molecule has 0 amide bonds. The van der Waals surface area contributed by atoms with Crippen molar-refractivity contribution in [1.82, 2.24) is 0 Å². The lowest BCUT2D eigenvalue weighted by Gasteiger charge is -2.60. The minimum atomic E-state index is -0.746. The van der Waals surface area contributed by atoms with Crippen molar-refractivity contribution in [1.29, 1.82) is 0 Å². The van der Waals surface area contributed by atoms with Gasteiger partial charge in [-0.15, -0.1) is 0 Å². The molecule has 0 aromatic heterocycles. The van der Waals surface area contributed by atoms with E-state index in [1.165, 1.54) is 18.4 Å². The molecular weight excluding hydrogens is 354 g/mol. The number of rotatable bonds is 4. The maximum atomic E-state index is 12.7. The highest BCUT2D eigenvalue weighted by atomic mass is 32.2. The molecule has 4 rings (SSSR count). The van der Waals surface area contributed by atoms with E-state index in [9.17, 15) is 9.00 Å². The summed E-state index contributed by atoms with van der Waals surface area (Å²) < 4.78 is 12.7. The zero-order chi connectivity index (χ0) is 19.4. The Morgan fingerprint density at radius 2 is 1.96 bits per heavy atom. The van der Waals surface area contributed by atoms with Crippen molar-refractivity contribution in [3.8, 4) is 0 Å². The number of hydrogen-bond acceptors (Lipinski definition) is 3. The number of Topliss-reactive ketones (excluding diaryl/α,β-unsaturated/α-hetero) is 1. The van der Waals surface area contributed by atoms with Crippen molar-refractivity contribution in [3.05, 3.63) is 12.2 Å². The maximum Gasteiger partial charge on any atom is 0.139 e. The first kappa shape index (κ1) is 19.8. The van der Waals surface area contributed by atoms with E-state index < -0.39 is 10.8 Å². The van der Waals surface area contributed by atoms with Gasteiger partial charge in [0, 0.05) is 33.6 Å². The van der Waals surface area contributed by atoms with E-state index in [0.717, 1.165) is 56.6 Å². The number of fused-ring (bicyclic) bond motifs is 5. The van der Waals surface area contributed by atoms with Crippen molar-refractivity contribution < 1.29 is 9.00 Å². The normalized spacial score (nSPS) is 47.9. The van der Waals surface area contributed by atoms with E-state index in [1.807, 2.05) is 0 Å². The molecule has 0 heterocycles. The summed E-state index contributed by atoms with van der Waals surface area (Å²) in [6, 6.07) is 0. The second kappa shape index (κ2) is 7.09. The third kappa shape index (κ3) is 3.01. The molecule has 4 heteroatoms. The number of carbonyl (C=O) groups excluding carboxylic acids is 1. The average molecular weight is 392 g/mol. The fourth-order valence-corrected chi connectivity index (χ4v) is 9.18. The molecule has 8 atom stereocenters. The van der Waals surface area contributed by atoms with E-state index in [4.69, 9.17) is 5.73 Å². The summed E-state index contributed by atoms with van der Waals surface area (Å²) in [6.45, 7) is 9.92. The van der Waals surface area contributed by atoms with E-state index in [-0.39, 0.29) is 5.41 Å². The monoisotopic (exact) mass is 391 g/mol. The van der Waals surface area contributed by atoms with Crippen LogP contribution >= 0.6 is 0 Å². The van der Waals surface area contributed by atoms with Gasteiger partial charge >= 0.3 is 0 Å². The molecule has 0 radical (unpaired) electrons. The highest BCUT2D eigenvalue weighted by molar-refractivity contribution is 7.85. The van der Waals surface area contributed by atoms with Gasteiger partial charge in [0.05, 0.1) is 0 Å². The molecule has 0 aromatic carbocycles. The third-order valence-electron chi connectivity index (χ3n) is 9.20. The zero-order valence-electron chi connectivity index (χ0n) is 17.2. The summed E-state index contributed by atoms with van der Waals surface area (Å²) in [5.41, 5.74) is 7.24. The molecule has 0 aromatic rings. The van der Waals surface area contributed by atoms with Crippen LogP contribution < -0.4 is 5.73 Å². The summed E-state index contributed by atoms with van der Waals surface area (Å²) in [4.78, 5) is 12.6. The quantitative estimate of drug-likeness (QED) is 0.730. The number of allylic oxidation sites excluding steroid dienone is 1. The first-order chi connectivity index (χ1) is 12.8. The Morgan fingerprint density at radius 3 is 2.70 bits per heavy atom. The van der Waals surface area contributed by atoms with Gasteiger partial charge in [-0.05, 0) is 87.0 Å². The molecule has 0 spiro atoms. The van der Waals surface area contributed by atoms with Crippen LogP contribution in [0.5, 0.6) is 0 Å². The standard InChI is InChI=1S/C23H37NO2S/c1-15-13-17-18-5-6-21(25)23(18,3)10-8-19(17)22(2)9-7-16(14-20(15)22)27(26)12-4-11-24/h16-20H,1,4-14,24H2,2-3H3/t16-,17+,18+,19+,20?,22-,23+,27-/m1/s1. The Kier molecular flexibility index (Phi) is 5.20. The summed E-state index contributed by atoms with van der Waals surface area (Å²) in [7, 11) is -0.746. The van der Waals surface area contributed by atoms with Crippen molar-refractivity contribution in [2.24, 2.45) is 40.2 Å². The number of ketones is 1. The zero-order valence-corrected chi connectivity index (χ0v) is 18.0. The predicted molar refractivity (Wildman–Crippen MR) is 112 cm³/mol. The number of carbonyl (C=O) groups is 1. The molecule has 0 aliphatic heterocycles. The third-order valence-corrected chi connectivity index (χ3v) is 11.1. The van der Waals surface area contributed by atoms with E-state index in [1.54, 1.807) is 0 Å². The second-order valence-electron chi connectivity index (χ2n) is 10.3. The first-order valence-corrected chi connectivity index (χ1v) is 12.5. The Morgan fingerprint density at radius 1 is 1.19 bits per heavy atom. The minimum Gasteiger partial charge on any atom is -0.330 e. The Labute approximate surface area is 167 Å². The summed E-state index contributed by atoms with van der Waals surface area (Å²) in [5, 5.41) is 0.324. The molecule has 1 unspecified atom stereocenters. The van der Waals surface area contributed by atoms with E-state index >= 15 is 0 Å². The highest BCUT2D eigenvalue weighted by Crippen LogP contribution is 2.66. The van der Waals surface area contributed by atoms with Crippen LogP contribution in [0.15, 0.2) is 12.2 Å². The number of hydrogen-bond donors (Lipinski definition) is 1. The molecule has 27 heavy (non-hydrogen) atoms. The molecule has 4 saturated carbocycles. The van der Waals surface area contributed by atoms with E-state index in [2.05, 4.69) is 20.4 Å². The van der Waals surface area contributed by atoms with Crippen LogP contribution in [0.1, 0.15) is 71.6 Å².